The van der Waals surface area contributed by atoms with Gasteiger partial charge in [0.25, 0.3) is 5.91 Å². The number of anilines is 1. The van der Waals surface area contributed by atoms with Crippen LogP contribution in [-0.4, -0.2) is 65.3 Å². The number of aryl methyl sites for hydroxylation is 1. The minimum Gasteiger partial charge on any atom is -0.457 e. The summed E-state index contributed by atoms with van der Waals surface area (Å²) in [5.74, 6) is 1.42. The molecule has 3 unspecified atom stereocenters. The number of fused-ring (bicyclic) bond motifs is 3. The number of rotatable bonds is 5. The summed E-state index contributed by atoms with van der Waals surface area (Å²) < 4.78 is 5.95. The number of nitrogens with one attached hydrogen (secondary N) is 1. The number of para-hydroxylation sites is 1. The number of carbonyl (C=O) groups is 2. The highest BCUT2D eigenvalue weighted by atomic mass is 16.5. The van der Waals surface area contributed by atoms with E-state index in [1.165, 1.54) is 4.90 Å². The summed E-state index contributed by atoms with van der Waals surface area (Å²) in [7, 11) is 1.78. The predicted molar refractivity (Wildman–Crippen MR) is 141 cm³/mol. The molecule has 3 heterocycles. The largest absolute Gasteiger partial charge is 0.457 e. The quantitative estimate of drug-likeness (QED) is 0.575. The zero-order valence-corrected chi connectivity index (χ0v) is 21.1. The first-order valence-electron chi connectivity index (χ1n) is 12.8. The molecule has 3 aliphatic rings. The third kappa shape index (κ3) is 4.22. The number of imide groups is 1. The summed E-state index contributed by atoms with van der Waals surface area (Å²) >= 11 is 0. The topological polar surface area (TPSA) is 68.4 Å². The van der Waals surface area contributed by atoms with Crippen LogP contribution in [0.4, 0.5) is 10.5 Å². The van der Waals surface area contributed by atoms with Crippen LogP contribution >= 0.6 is 0 Å². The zero-order valence-electron chi connectivity index (χ0n) is 21.1. The summed E-state index contributed by atoms with van der Waals surface area (Å²) in [6, 6.07) is 24.9. The van der Waals surface area contributed by atoms with Gasteiger partial charge in [-0.3, -0.25) is 19.9 Å². The van der Waals surface area contributed by atoms with Crippen LogP contribution in [0.25, 0.3) is 0 Å². The molecule has 0 saturated carbocycles. The molecule has 3 fully saturated rings. The minimum absolute atomic E-state index is 0.139. The molecule has 3 aromatic rings. The Bertz CT molecular complexity index is 1300. The van der Waals surface area contributed by atoms with Crippen molar-refractivity contribution in [2.24, 2.45) is 0 Å². The van der Waals surface area contributed by atoms with Gasteiger partial charge in [-0.15, -0.1) is 0 Å². The van der Waals surface area contributed by atoms with Gasteiger partial charge in [0.05, 0.1) is 6.54 Å². The van der Waals surface area contributed by atoms with Crippen LogP contribution in [-0.2, 0) is 11.3 Å². The van der Waals surface area contributed by atoms with Crippen molar-refractivity contribution >= 4 is 17.6 Å². The number of ether oxygens (including phenoxy) is 1. The van der Waals surface area contributed by atoms with Crippen LogP contribution in [0.1, 0.15) is 17.5 Å². The van der Waals surface area contributed by atoms with E-state index in [9.17, 15) is 9.59 Å². The van der Waals surface area contributed by atoms with Crippen LogP contribution in [0.5, 0.6) is 11.5 Å². The number of hydrogen-bond donors (Lipinski definition) is 1. The number of amides is 3. The lowest BCUT2D eigenvalue weighted by molar-refractivity contribution is -0.139. The third-order valence-corrected chi connectivity index (χ3v) is 7.61. The number of urea groups is 1. The summed E-state index contributed by atoms with van der Waals surface area (Å²) in [6.07, 6.45) is 0.369. The molecule has 6 rings (SSSR count). The second-order valence-electron chi connectivity index (χ2n) is 9.87. The molecule has 3 aliphatic heterocycles. The Balaban J connectivity index is 1.22. The maximum atomic E-state index is 13.8. The van der Waals surface area contributed by atoms with E-state index in [1.807, 2.05) is 85.8 Å². The highest BCUT2D eigenvalue weighted by Crippen LogP contribution is 2.34. The summed E-state index contributed by atoms with van der Waals surface area (Å²) in [5.41, 5.74) is 3.09. The summed E-state index contributed by atoms with van der Waals surface area (Å²) in [6.45, 7) is 3.93. The molecule has 0 spiro atoms. The molecule has 190 valence electrons. The Morgan fingerprint density at radius 1 is 0.892 bits per heavy atom. The van der Waals surface area contributed by atoms with Gasteiger partial charge in [0, 0.05) is 25.8 Å². The van der Waals surface area contributed by atoms with Crippen molar-refractivity contribution in [1.82, 2.24) is 20.0 Å². The van der Waals surface area contributed by atoms with Gasteiger partial charge in [0.15, 0.2) is 0 Å². The van der Waals surface area contributed by atoms with Gasteiger partial charge in [0.1, 0.15) is 30.0 Å². The number of benzene rings is 3. The monoisotopic (exact) mass is 497 g/mol. The van der Waals surface area contributed by atoms with Gasteiger partial charge >= 0.3 is 6.03 Å². The highest BCUT2D eigenvalue weighted by molar-refractivity contribution is 6.00. The molecule has 3 amide bonds. The maximum Gasteiger partial charge on any atom is 0.328 e. The molecule has 3 saturated heterocycles. The van der Waals surface area contributed by atoms with E-state index in [-0.39, 0.29) is 30.9 Å². The molecular formula is C29H31N5O3. The van der Waals surface area contributed by atoms with Crippen molar-refractivity contribution in [2.75, 3.05) is 25.0 Å². The van der Waals surface area contributed by atoms with Crippen LogP contribution in [0.2, 0.25) is 0 Å². The van der Waals surface area contributed by atoms with E-state index >= 15 is 0 Å². The van der Waals surface area contributed by atoms with Crippen molar-refractivity contribution in [1.29, 1.82) is 0 Å². The molecule has 37 heavy (non-hydrogen) atoms. The van der Waals surface area contributed by atoms with E-state index in [0.29, 0.717) is 0 Å². The first kappa shape index (κ1) is 23.5. The molecule has 3 aromatic carbocycles. The molecule has 0 radical (unpaired) electrons. The second-order valence-corrected chi connectivity index (χ2v) is 9.87. The SMILES string of the molecule is Cc1ccccc1CN1C(=O)C2C(NC3N(c4ccc(Oc5ccccc5)cc4)CCCN23)N(C)C1=O. The molecule has 0 bridgehead atoms. The standard InChI is InChI=1S/C29H31N5O3/c1-20-9-6-7-10-21(20)19-34-27(35)25-26(31(2)29(34)36)30-28-32(17-8-18-33(25)28)22-13-15-24(16-14-22)37-23-11-4-3-5-12-23/h3-7,9-16,25-26,28,30H,8,17-19H2,1-2H3. The van der Waals surface area contributed by atoms with E-state index in [2.05, 4.69) is 15.1 Å². The number of likely N-dealkylation sites (N-methyl/N-ethyl adjacent to an activating group) is 1. The Kier molecular flexibility index (Phi) is 6.06. The normalized spacial score (nSPS) is 23.7. The summed E-state index contributed by atoms with van der Waals surface area (Å²) in [5, 5.41) is 3.58. The fraction of sp³-hybridized carbons (Fsp3) is 0.310. The van der Waals surface area contributed by atoms with E-state index in [4.69, 9.17) is 4.74 Å². The lowest BCUT2D eigenvalue weighted by atomic mass is 10.1. The van der Waals surface area contributed by atoms with E-state index in [0.717, 1.165) is 47.8 Å². The fourth-order valence-electron chi connectivity index (χ4n) is 5.62. The fourth-order valence-corrected chi connectivity index (χ4v) is 5.62. The highest BCUT2D eigenvalue weighted by Gasteiger charge is 2.56. The Morgan fingerprint density at radius 3 is 2.35 bits per heavy atom. The van der Waals surface area contributed by atoms with Gasteiger partial charge in [-0.05, 0) is 60.9 Å². The molecule has 1 N–H and O–H groups in total. The molecule has 0 aliphatic carbocycles. The van der Waals surface area contributed by atoms with Crippen LogP contribution < -0.4 is 15.0 Å². The maximum absolute atomic E-state index is 13.8. The summed E-state index contributed by atoms with van der Waals surface area (Å²) in [4.78, 5) is 34.6. The first-order valence-corrected chi connectivity index (χ1v) is 12.8. The molecule has 8 nitrogen and oxygen atoms in total. The average molecular weight is 498 g/mol. The van der Waals surface area contributed by atoms with Crippen molar-refractivity contribution in [3.63, 3.8) is 0 Å². The van der Waals surface area contributed by atoms with E-state index in [1.54, 1.807) is 11.9 Å². The van der Waals surface area contributed by atoms with Gasteiger partial charge in [-0.25, -0.2) is 4.79 Å². The van der Waals surface area contributed by atoms with Gasteiger partial charge in [0.2, 0.25) is 0 Å². The van der Waals surface area contributed by atoms with Crippen LogP contribution in [0.3, 0.4) is 0 Å². The number of nitrogens with zero attached hydrogens (tertiary/aromatic N) is 4. The van der Waals surface area contributed by atoms with Gasteiger partial charge < -0.3 is 14.5 Å². The third-order valence-electron chi connectivity index (χ3n) is 7.61. The van der Waals surface area contributed by atoms with Gasteiger partial charge in [-0.1, -0.05) is 42.5 Å². The lowest BCUT2D eigenvalue weighted by Crippen LogP contribution is -2.66. The average Bonchev–Trinajstić information content (AvgIpc) is 3.32. The molecule has 8 heteroatoms. The number of carbonyl (C=O) groups excluding carboxylic acids is 2. The predicted octanol–water partition coefficient (Wildman–Crippen LogP) is 3.98. The molecular weight excluding hydrogens is 466 g/mol. The van der Waals surface area contributed by atoms with Crippen molar-refractivity contribution in [2.45, 2.75) is 38.4 Å². The Hall–Kier alpha value is -3.88. The van der Waals surface area contributed by atoms with Crippen LogP contribution in [0.15, 0.2) is 78.9 Å². The second kappa shape index (κ2) is 9.53. The smallest absolute Gasteiger partial charge is 0.328 e. The lowest BCUT2D eigenvalue weighted by Gasteiger charge is -2.44. The minimum atomic E-state index is -0.430. The van der Waals surface area contributed by atoms with Crippen molar-refractivity contribution < 1.29 is 14.3 Å². The van der Waals surface area contributed by atoms with E-state index < -0.39 is 6.04 Å². The molecule has 3 atom stereocenters. The number of hydrogen-bond acceptors (Lipinski definition) is 6. The van der Waals surface area contributed by atoms with Crippen molar-refractivity contribution in [3.05, 3.63) is 90.0 Å². The Morgan fingerprint density at radius 2 is 1.59 bits per heavy atom. The zero-order chi connectivity index (χ0) is 25.5. The first-order chi connectivity index (χ1) is 18.0. The Labute approximate surface area is 217 Å². The van der Waals surface area contributed by atoms with Gasteiger partial charge in [-0.2, -0.15) is 0 Å². The molecule has 0 aromatic heterocycles. The van der Waals surface area contributed by atoms with Crippen LogP contribution in [0, 0.1) is 6.92 Å². The van der Waals surface area contributed by atoms with Crippen molar-refractivity contribution in [3.8, 4) is 11.5 Å².